The van der Waals surface area contributed by atoms with Gasteiger partial charge in [0.1, 0.15) is 11.5 Å². The molecule has 0 bridgehead atoms. The second-order valence-corrected chi connectivity index (χ2v) is 6.23. The van der Waals surface area contributed by atoms with Gasteiger partial charge in [0.2, 0.25) is 0 Å². The summed E-state index contributed by atoms with van der Waals surface area (Å²) in [6, 6.07) is 15.9. The van der Waals surface area contributed by atoms with E-state index in [2.05, 4.69) is 41.8 Å². The van der Waals surface area contributed by atoms with Gasteiger partial charge in [0.15, 0.2) is 5.11 Å². The number of benzene rings is 2. The van der Waals surface area contributed by atoms with Crippen LogP contribution in [0.2, 0.25) is 0 Å². The number of hydrogen-bond acceptors (Lipinski definition) is 4. The van der Waals surface area contributed by atoms with Gasteiger partial charge in [-0.2, -0.15) is 0 Å². The summed E-state index contributed by atoms with van der Waals surface area (Å²) in [6.07, 6.45) is 0. The fourth-order valence-corrected chi connectivity index (χ4v) is 2.69. The first-order valence-corrected chi connectivity index (χ1v) is 8.43. The molecular weight excluding hydrogens is 334 g/mol. The van der Waals surface area contributed by atoms with Crippen molar-refractivity contribution in [2.75, 3.05) is 40.2 Å². The molecule has 0 aliphatic heterocycles. The van der Waals surface area contributed by atoms with Crippen LogP contribution in [0.3, 0.4) is 0 Å². The Morgan fingerprint density at radius 2 is 1.72 bits per heavy atom. The lowest BCUT2D eigenvalue weighted by atomic mass is 10.1. The van der Waals surface area contributed by atoms with E-state index < -0.39 is 0 Å². The second kappa shape index (κ2) is 9.25. The minimum absolute atomic E-state index is 0.191. The Morgan fingerprint density at radius 3 is 2.32 bits per heavy atom. The van der Waals surface area contributed by atoms with Gasteiger partial charge in [0.05, 0.1) is 20.3 Å². The zero-order chi connectivity index (χ0) is 18.2. The monoisotopic (exact) mass is 359 g/mol. The number of anilines is 1. The van der Waals surface area contributed by atoms with Crippen molar-refractivity contribution in [3.63, 3.8) is 0 Å². The molecule has 0 fully saturated rings. The Hall–Kier alpha value is -2.31. The van der Waals surface area contributed by atoms with E-state index in [1.54, 1.807) is 14.2 Å². The molecule has 2 N–H and O–H groups in total. The third-order valence-electron chi connectivity index (χ3n) is 3.91. The van der Waals surface area contributed by atoms with Crippen LogP contribution in [0.4, 0.5) is 5.69 Å². The van der Waals surface area contributed by atoms with E-state index in [1.807, 2.05) is 36.4 Å². The average molecular weight is 359 g/mol. The van der Waals surface area contributed by atoms with E-state index >= 15 is 0 Å². The SMILES string of the molecule is COc1ccc([C@H](CNC(=S)Nc2cccc(OC)c2)N(C)C)cc1. The van der Waals surface area contributed by atoms with Gasteiger partial charge >= 0.3 is 0 Å². The highest BCUT2D eigenvalue weighted by molar-refractivity contribution is 7.80. The van der Waals surface area contributed by atoms with Gasteiger partial charge in [-0.15, -0.1) is 0 Å². The molecule has 0 saturated heterocycles. The quantitative estimate of drug-likeness (QED) is 0.740. The molecule has 0 aliphatic carbocycles. The zero-order valence-corrected chi connectivity index (χ0v) is 15.9. The molecule has 0 spiro atoms. The number of nitrogens with zero attached hydrogens (tertiary/aromatic N) is 1. The van der Waals surface area contributed by atoms with Gasteiger partial charge in [-0.3, -0.25) is 0 Å². The van der Waals surface area contributed by atoms with Gasteiger partial charge in [-0.05, 0) is 56.1 Å². The van der Waals surface area contributed by atoms with E-state index in [-0.39, 0.29) is 6.04 Å². The topological polar surface area (TPSA) is 45.8 Å². The Balaban J connectivity index is 1.96. The van der Waals surface area contributed by atoms with Gasteiger partial charge < -0.3 is 25.0 Å². The number of likely N-dealkylation sites (N-methyl/N-ethyl adjacent to an activating group) is 1. The number of nitrogens with one attached hydrogen (secondary N) is 2. The van der Waals surface area contributed by atoms with Crippen molar-refractivity contribution in [2.45, 2.75) is 6.04 Å². The van der Waals surface area contributed by atoms with Gasteiger partial charge in [-0.25, -0.2) is 0 Å². The summed E-state index contributed by atoms with van der Waals surface area (Å²) in [5.41, 5.74) is 2.09. The maximum Gasteiger partial charge on any atom is 0.170 e. The summed E-state index contributed by atoms with van der Waals surface area (Å²) < 4.78 is 10.4. The Labute approximate surface area is 154 Å². The summed E-state index contributed by atoms with van der Waals surface area (Å²) in [7, 11) is 7.42. The molecule has 5 nitrogen and oxygen atoms in total. The maximum atomic E-state index is 5.41. The minimum Gasteiger partial charge on any atom is -0.497 e. The Bertz CT molecular complexity index is 689. The van der Waals surface area contributed by atoms with E-state index in [0.29, 0.717) is 11.7 Å². The number of hydrogen-bond donors (Lipinski definition) is 2. The molecule has 0 amide bonds. The Morgan fingerprint density at radius 1 is 1.04 bits per heavy atom. The largest absolute Gasteiger partial charge is 0.497 e. The lowest BCUT2D eigenvalue weighted by Gasteiger charge is -2.26. The molecule has 0 saturated carbocycles. The predicted octanol–water partition coefficient (Wildman–Crippen LogP) is 3.29. The van der Waals surface area contributed by atoms with Gasteiger partial charge in [0, 0.05) is 18.3 Å². The van der Waals surface area contributed by atoms with Crippen molar-refractivity contribution < 1.29 is 9.47 Å². The smallest absolute Gasteiger partial charge is 0.170 e. The van der Waals surface area contributed by atoms with Crippen LogP contribution in [0.1, 0.15) is 11.6 Å². The van der Waals surface area contributed by atoms with Crippen LogP contribution in [-0.2, 0) is 0 Å². The summed E-state index contributed by atoms with van der Waals surface area (Å²) in [6.45, 7) is 0.690. The van der Waals surface area contributed by atoms with E-state index in [1.165, 1.54) is 5.56 Å². The normalized spacial score (nSPS) is 11.7. The first kappa shape index (κ1) is 19.0. The third kappa shape index (κ3) is 5.62. The fourth-order valence-electron chi connectivity index (χ4n) is 2.49. The molecule has 134 valence electrons. The van der Waals surface area contributed by atoms with E-state index in [0.717, 1.165) is 17.2 Å². The molecule has 0 unspecified atom stereocenters. The number of thiocarbonyl (C=S) groups is 1. The molecule has 0 heterocycles. The minimum atomic E-state index is 0.191. The van der Waals surface area contributed by atoms with Crippen LogP contribution in [0.5, 0.6) is 11.5 Å². The molecule has 0 radical (unpaired) electrons. The molecule has 0 aliphatic rings. The predicted molar refractivity (Wildman–Crippen MR) is 107 cm³/mol. The lowest BCUT2D eigenvalue weighted by Crippen LogP contribution is -2.36. The molecular formula is C19H25N3O2S. The third-order valence-corrected chi connectivity index (χ3v) is 4.15. The van der Waals surface area contributed by atoms with Crippen molar-refractivity contribution >= 4 is 23.0 Å². The zero-order valence-electron chi connectivity index (χ0n) is 15.1. The highest BCUT2D eigenvalue weighted by Crippen LogP contribution is 2.21. The van der Waals surface area contributed by atoms with E-state index in [9.17, 15) is 0 Å². The summed E-state index contributed by atoms with van der Waals surface area (Å²) in [5.74, 6) is 1.64. The van der Waals surface area contributed by atoms with Crippen molar-refractivity contribution in [3.8, 4) is 11.5 Å². The molecule has 25 heavy (non-hydrogen) atoms. The summed E-state index contributed by atoms with van der Waals surface area (Å²) >= 11 is 5.41. The van der Waals surface area contributed by atoms with Crippen molar-refractivity contribution in [1.29, 1.82) is 0 Å². The first-order chi connectivity index (χ1) is 12.0. The van der Waals surface area contributed by atoms with E-state index in [4.69, 9.17) is 21.7 Å². The first-order valence-electron chi connectivity index (χ1n) is 8.02. The fraction of sp³-hybridized carbons (Fsp3) is 0.316. The van der Waals surface area contributed by atoms with Crippen LogP contribution in [0.25, 0.3) is 0 Å². The van der Waals surface area contributed by atoms with Crippen LogP contribution >= 0.6 is 12.2 Å². The second-order valence-electron chi connectivity index (χ2n) is 5.82. The molecule has 2 aromatic carbocycles. The maximum absolute atomic E-state index is 5.41. The van der Waals surface area contributed by atoms with Crippen LogP contribution in [-0.4, -0.2) is 44.9 Å². The molecule has 1 atom stereocenters. The van der Waals surface area contributed by atoms with Crippen LogP contribution in [0.15, 0.2) is 48.5 Å². The van der Waals surface area contributed by atoms with Crippen LogP contribution in [0, 0.1) is 0 Å². The number of ether oxygens (including phenoxy) is 2. The molecule has 2 aromatic rings. The van der Waals surface area contributed by atoms with Gasteiger partial charge in [-0.1, -0.05) is 18.2 Å². The standard InChI is InChI=1S/C19H25N3O2S/c1-22(2)18(14-8-10-16(23-3)11-9-14)13-20-19(25)21-15-6-5-7-17(12-15)24-4/h5-12,18H,13H2,1-4H3,(H2,20,21,25)/t18-/m0/s1. The molecule has 0 aromatic heterocycles. The van der Waals surface area contributed by atoms with Crippen LogP contribution < -0.4 is 20.1 Å². The average Bonchev–Trinajstić information content (AvgIpc) is 2.62. The highest BCUT2D eigenvalue weighted by Gasteiger charge is 2.14. The highest BCUT2D eigenvalue weighted by atomic mass is 32.1. The van der Waals surface area contributed by atoms with Gasteiger partial charge in [0.25, 0.3) is 0 Å². The van der Waals surface area contributed by atoms with Crippen molar-refractivity contribution in [2.24, 2.45) is 0 Å². The number of rotatable bonds is 7. The number of methoxy groups -OCH3 is 2. The van der Waals surface area contributed by atoms with Crippen molar-refractivity contribution in [1.82, 2.24) is 10.2 Å². The lowest BCUT2D eigenvalue weighted by molar-refractivity contribution is 0.299. The molecule has 2 rings (SSSR count). The molecule has 6 heteroatoms. The summed E-state index contributed by atoms with van der Waals surface area (Å²) in [5, 5.41) is 7.04. The summed E-state index contributed by atoms with van der Waals surface area (Å²) in [4.78, 5) is 2.16. The van der Waals surface area contributed by atoms with Crippen molar-refractivity contribution in [3.05, 3.63) is 54.1 Å². The Kier molecular flexibility index (Phi) is 7.03.